The van der Waals surface area contributed by atoms with Crippen LogP contribution in [0.1, 0.15) is 46.5 Å². The zero-order chi connectivity index (χ0) is 13.6. The summed E-state index contributed by atoms with van der Waals surface area (Å²) in [5, 5.41) is 8.94. The van der Waals surface area contributed by atoms with Crippen molar-refractivity contribution >= 4 is 24.2 Å². The Morgan fingerprint density at radius 1 is 1.37 bits per heavy atom. The van der Waals surface area contributed by atoms with E-state index in [0.29, 0.717) is 13.0 Å². The summed E-state index contributed by atoms with van der Waals surface area (Å²) in [6, 6.07) is 0.145. The molecule has 1 fully saturated rings. The van der Waals surface area contributed by atoms with Gasteiger partial charge in [-0.2, -0.15) is 0 Å². The molecule has 6 heteroatoms. The van der Waals surface area contributed by atoms with Crippen molar-refractivity contribution in [3.63, 3.8) is 0 Å². The molecular weight excluding hydrogens is 266 g/mol. The molecule has 19 heavy (non-hydrogen) atoms. The second-order valence-corrected chi connectivity index (χ2v) is 5.19. The predicted molar refractivity (Wildman–Crippen MR) is 78.4 cm³/mol. The molecule has 0 bridgehead atoms. The van der Waals surface area contributed by atoms with E-state index in [4.69, 9.17) is 0 Å². The minimum atomic E-state index is -0.408. The first-order chi connectivity index (χ1) is 8.50. The van der Waals surface area contributed by atoms with Crippen LogP contribution in [0.3, 0.4) is 0 Å². The van der Waals surface area contributed by atoms with Crippen LogP contribution in [0.15, 0.2) is 0 Å². The number of hydrogen-bond donors (Lipinski definition) is 3. The molecule has 1 aliphatic rings. The molecule has 5 nitrogen and oxygen atoms in total. The van der Waals surface area contributed by atoms with E-state index in [0.717, 1.165) is 25.8 Å². The lowest BCUT2D eigenvalue weighted by Crippen LogP contribution is -2.53. The van der Waals surface area contributed by atoms with Crippen molar-refractivity contribution in [3.05, 3.63) is 0 Å². The van der Waals surface area contributed by atoms with E-state index >= 15 is 0 Å². The van der Waals surface area contributed by atoms with Crippen molar-refractivity contribution in [2.45, 2.75) is 58.0 Å². The largest absolute Gasteiger partial charge is 0.354 e. The van der Waals surface area contributed by atoms with Crippen LogP contribution in [0.2, 0.25) is 0 Å². The zero-order valence-electron chi connectivity index (χ0n) is 12.0. The van der Waals surface area contributed by atoms with E-state index in [1.54, 1.807) is 0 Å². The van der Waals surface area contributed by atoms with Gasteiger partial charge in [0.15, 0.2) is 0 Å². The Kier molecular flexibility index (Phi) is 8.02. The van der Waals surface area contributed by atoms with E-state index in [-0.39, 0.29) is 30.3 Å². The average Bonchev–Trinajstić information content (AvgIpc) is 2.77. The molecule has 1 saturated heterocycles. The minimum Gasteiger partial charge on any atom is -0.354 e. The lowest BCUT2D eigenvalue weighted by Gasteiger charge is -2.26. The fraction of sp³-hybridized carbons (Fsp3) is 0.846. The van der Waals surface area contributed by atoms with Crippen molar-refractivity contribution in [2.75, 3.05) is 13.1 Å². The molecule has 0 aromatic heterocycles. The standard InChI is InChI=1S/C13H25N3O2.ClH/c1-4-13(7-5-8-15-13)12(18)14-9-6-11(17)16-10(2)3;/h10,15H,4-9H2,1-3H3,(H,14,18)(H,16,17);1H. The third-order valence-electron chi connectivity index (χ3n) is 3.37. The second kappa shape index (κ2) is 8.38. The summed E-state index contributed by atoms with van der Waals surface area (Å²) in [7, 11) is 0. The highest BCUT2D eigenvalue weighted by Crippen LogP contribution is 2.22. The molecule has 0 radical (unpaired) electrons. The van der Waals surface area contributed by atoms with Gasteiger partial charge in [-0.15, -0.1) is 12.4 Å². The molecule has 0 aromatic carbocycles. The molecule has 0 spiro atoms. The normalized spacial score (nSPS) is 21.9. The molecule has 1 unspecified atom stereocenters. The maximum atomic E-state index is 12.1. The molecule has 112 valence electrons. The van der Waals surface area contributed by atoms with Crippen LogP contribution in [0.25, 0.3) is 0 Å². The Morgan fingerprint density at radius 3 is 2.53 bits per heavy atom. The molecule has 1 aliphatic heterocycles. The van der Waals surface area contributed by atoms with Crippen LogP contribution in [-0.4, -0.2) is 36.5 Å². The van der Waals surface area contributed by atoms with Crippen LogP contribution < -0.4 is 16.0 Å². The van der Waals surface area contributed by atoms with Gasteiger partial charge in [-0.05, 0) is 39.7 Å². The quantitative estimate of drug-likeness (QED) is 0.683. The smallest absolute Gasteiger partial charge is 0.240 e. The van der Waals surface area contributed by atoms with E-state index in [1.165, 1.54) is 0 Å². The van der Waals surface area contributed by atoms with Crippen LogP contribution in [0, 0.1) is 0 Å². The minimum absolute atomic E-state index is 0. The molecule has 0 aromatic rings. The fourth-order valence-corrected chi connectivity index (χ4v) is 2.32. The third kappa shape index (κ3) is 5.37. The molecule has 0 saturated carbocycles. The number of hydrogen-bond acceptors (Lipinski definition) is 3. The fourth-order valence-electron chi connectivity index (χ4n) is 2.32. The van der Waals surface area contributed by atoms with Crippen molar-refractivity contribution in [3.8, 4) is 0 Å². The maximum absolute atomic E-state index is 12.1. The molecule has 1 rings (SSSR count). The van der Waals surface area contributed by atoms with E-state index in [9.17, 15) is 9.59 Å². The number of nitrogens with one attached hydrogen (secondary N) is 3. The zero-order valence-corrected chi connectivity index (χ0v) is 12.9. The first-order valence-electron chi connectivity index (χ1n) is 6.83. The van der Waals surface area contributed by atoms with Gasteiger partial charge in [-0.1, -0.05) is 6.92 Å². The summed E-state index contributed by atoms with van der Waals surface area (Å²) in [5.74, 6) is 0.00933. The van der Waals surface area contributed by atoms with E-state index < -0.39 is 5.54 Å². The number of rotatable bonds is 6. The van der Waals surface area contributed by atoms with Crippen LogP contribution >= 0.6 is 12.4 Å². The summed E-state index contributed by atoms with van der Waals surface area (Å²) >= 11 is 0. The van der Waals surface area contributed by atoms with E-state index in [1.807, 2.05) is 20.8 Å². The first-order valence-corrected chi connectivity index (χ1v) is 6.83. The molecule has 0 aliphatic carbocycles. The third-order valence-corrected chi connectivity index (χ3v) is 3.37. The van der Waals surface area contributed by atoms with Gasteiger partial charge >= 0.3 is 0 Å². The molecule has 2 amide bonds. The number of amides is 2. The van der Waals surface area contributed by atoms with Gasteiger partial charge in [0.2, 0.25) is 11.8 Å². The van der Waals surface area contributed by atoms with Gasteiger partial charge in [0.1, 0.15) is 0 Å². The first kappa shape index (κ1) is 18.2. The van der Waals surface area contributed by atoms with E-state index in [2.05, 4.69) is 16.0 Å². The number of carbonyl (C=O) groups is 2. The lowest BCUT2D eigenvalue weighted by molar-refractivity contribution is -0.127. The van der Waals surface area contributed by atoms with Crippen LogP contribution in [0.5, 0.6) is 0 Å². The topological polar surface area (TPSA) is 70.2 Å². The van der Waals surface area contributed by atoms with Crippen LogP contribution in [-0.2, 0) is 9.59 Å². The molecule has 1 atom stereocenters. The Hall–Kier alpha value is -0.810. The Labute approximate surface area is 121 Å². The number of halogens is 1. The van der Waals surface area contributed by atoms with Gasteiger partial charge < -0.3 is 16.0 Å². The maximum Gasteiger partial charge on any atom is 0.240 e. The van der Waals surface area contributed by atoms with Crippen molar-refractivity contribution in [1.82, 2.24) is 16.0 Å². The summed E-state index contributed by atoms with van der Waals surface area (Å²) in [4.78, 5) is 23.5. The molecular formula is C13H26ClN3O2. The summed E-state index contributed by atoms with van der Waals surface area (Å²) in [6.45, 7) is 7.16. The number of carbonyl (C=O) groups excluding carboxylic acids is 2. The lowest BCUT2D eigenvalue weighted by atomic mass is 9.93. The summed E-state index contributed by atoms with van der Waals surface area (Å²) in [5.41, 5.74) is -0.408. The van der Waals surface area contributed by atoms with Crippen molar-refractivity contribution < 1.29 is 9.59 Å². The molecule has 3 N–H and O–H groups in total. The van der Waals surface area contributed by atoms with Gasteiger partial charge in [-0.3, -0.25) is 9.59 Å². The van der Waals surface area contributed by atoms with Crippen molar-refractivity contribution in [1.29, 1.82) is 0 Å². The van der Waals surface area contributed by atoms with Gasteiger partial charge in [0.25, 0.3) is 0 Å². The van der Waals surface area contributed by atoms with Crippen LogP contribution in [0.4, 0.5) is 0 Å². The Bertz CT molecular complexity index is 302. The Balaban J connectivity index is 0.00000324. The summed E-state index contributed by atoms with van der Waals surface area (Å²) < 4.78 is 0. The Morgan fingerprint density at radius 2 is 2.05 bits per heavy atom. The predicted octanol–water partition coefficient (Wildman–Crippen LogP) is 0.971. The monoisotopic (exact) mass is 291 g/mol. The highest BCUT2D eigenvalue weighted by atomic mass is 35.5. The summed E-state index contributed by atoms with van der Waals surface area (Å²) in [6.07, 6.45) is 3.04. The highest BCUT2D eigenvalue weighted by molar-refractivity contribution is 5.87. The molecule has 1 heterocycles. The van der Waals surface area contributed by atoms with Gasteiger partial charge in [0.05, 0.1) is 5.54 Å². The second-order valence-electron chi connectivity index (χ2n) is 5.19. The SMILES string of the molecule is CCC1(C(=O)NCCC(=O)NC(C)C)CCCN1.Cl. The van der Waals surface area contributed by atoms with Crippen molar-refractivity contribution in [2.24, 2.45) is 0 Å². The van der Waals surface area contributed by atoms with Gasteiger partial charge in [0, 0.05) is 19.0 Å². The van der Waals surface area contributed by atoms with Gasteiger partial charge in [-0.25, -0.2) is 0 Å². The average molecular weight is 292 g/mol. The highest BCUT2D eigenvalue weighted by Gasteiger charge is 2.38.